The molecule has 0 saturated heterocycles. The fourth-order valence-electron chi connectivity index (χ4n) is 6.52. The normalized spacial score (nSPS) is 13.6. The lowest BCUT2D eigenvalue weighted by Crippen LogP contribution is -2.05. The van der Waals surface area contributed by atoms with E-state index in [0.29, 0.717) is 12.3 Å². The monoisotopic (exact) mass is 594 g/mol. The van der Waals surface area contributed by atoms with E-state index in [1.54, 1.807) is 0 Å². The zero-order valence-corrected chi connectivity index (χ0v) is 25.1. The van der Waals surface area contributed by atoms with Crippen molar-refractivity contribution in [3.63, 3.8) is 0 Å². The fraction of sp³-hybridized carbons (Fsp3) is 0.0244. The standard InChI is InChI=1S/C41H26N2OS/c1-3-12-26(13-4-1)28-17-9-19-31-38-32(20-10-21-35(38)44-40(28)31)41-42-33(27-14-5-2-6-15-27)24-25-34(43-41)29-18-11-23-37-39(29)30-16-7-8-22-36(30)45-37/h1-23,25H,24H2. The second kappa shape index (κ2) is 10.5. The first-order valence-corrected chi connectivity index (χ1v) is 16.0. The molecular weight excluding hydrogens is 569 g/mol. The van der Waals surface area contributed by atoms with Crippen molar-refractivity contribution in [2.24, 2.45) is 9.98 Å². The van der Waals surface area contributed by atoms with Crippen LogP contribution in [0.25, 0.3) is 58.9 Å². The SMILES string of the molecule is C1=C(c2cccc3sc4ccccc4c23)N=C(c2cccc3oc4c(-c5ccccc5)cccc4c23)N=C(c2ccccc2)C1. The Morgan fingerprint density at radius 1 is 0.511 bits per heavy atom. The van der Waals surface area contributed by atoms with E-state index in [2.05, 4.69) is 121 Å². The van der Waals surface area contributed by atoms with Gasteiger partial charge in [-0.1, -0.05) is 127 Å². The molecule has 0 amide bonds. The van der Waals surface area contributed by atoms with Gasteiger partial charge in [0.1, 0.15) is 11.2 Å². The number of furan rings is 1. The molecular formula is C41H26N2OS. The van der Waals surface area contributed by atoms with Crippen molar-refractivity contribution in [1.82, 2.24) is 0 Å². The molecule has 0 saturated carbocycles. The number of thiophene rings is 1. The fourth-order valence-corrected chi connectivity index (χ4v) is 7.65. The van der Waals surface area contributed by atoms with Gasteiger partial charge in [-0.2, -0.15) is 0 Å². The third-order valence-corrected chi connectivity index (χ3v) is 9.73. The van der Waals surface area contributed by atoms with Gasteiger partial charge in [0.05, 0.1) is 11.4 Å². The molecule has 4 heteroatoms. The molecule has 2 aromatic heterocycles. The number of allylic oxidation sites excluding steroid dienone is 1. The minimum Gasteiger partial charge on any atom is -0.455 e. The average Bonchev–Trinajstić information content (AvgIpc) is 3.60. The summed E-state index contributed by atoms with van der Waals surface area (Å²) in [6.07, 6.45) is 2.91. The Morgan fingerprint density at radius 2 is 1.18 bits per heavy atom. The van der Waals surface area contributed by atoms with Gasteiger partial charge in [0.15, 0.2) is 5.84 Å². The Kier molecular flexibility index (Phi) is 6.06. The molecule has 0 bridgehead atoms. The average molecular weight is 595 g/mol. The third-order valence-electron chi connectivity index (χ3n) is 8.59. The molecule has 1 aliphatic rings. The van der Waals surface area contributed by atoms with E-state index in [1.807, 2.05) is 35.6 Å². The smallest absolute Gasteiger partial charge is 0.160 e. The van der Waals surface area contributed by atoms with Crippen molar-refractivity contribution >= 4 is 70.7 Å². The molecule has 0 spiro atoms. The van der Waals surface area contributed by atoms with Gasteiger partial charge in [-0.05, 0) is 29.3 Å². The van der Waals surface area contributed by atoms with Gasteiger partial charge in [0.2, 0.25) is 0 Å². The van der Waals surface area contributed by atoms with Crippen LogP contribution >= 0.6 is 11.3 Å². The Labute approximate surface area is 264 Å². The minimum atomic E-state index is 0.672. The molecule has 0 atom stereocenters. The lowest BCUT2D eigenvalue weighted by Gasteiger charge is -2.08. The summed E-state index contributed by atoms with van der Waals surface area (Å²) in [5.41, 5.74) is 9.00. The van der Waals surface area contributed by atoms with Crippen molar-refractivity contribution in [2.75, 3.05) is 0 Å². The number of amidine groups is 1. The third kappa shape index (κ3) is 4.34. The van der Waals surface area contributed by atoms with E-state index in [4.69, 9.17) is 14.4 Å². The van der Waals surface area contributed by atoms with E-state index in [1.165, 1.54) is 20.2 Å². The van der Waals surface area contributed by atoms with E-state index < -0.39 is 0 Å². The number of para-hydroxylation sites is 1. The van der Waals surface area contributed by atoms with Gasteiger partial charge in [0.25, 0.3) is 0 Å². The summed E-state index contributed by atoms with van der Waals surface area (Å²) >= 11 is 1.83. The molecule has 0 N–H and O–H groups in total. The predicted molar refractivity (Wildman–Crippen MR) is 191 cm³/mol. The summed E-state index contributed by atoms with van der Waals surface area (Å²) in [5.74, 6) is 0.688. The molecule has 8 aromatic rings. The van der Waals surface area contributed by atoms with Crippen molar-refractivity contribution in [3.05, 3.63) is 162 Å². The Bertz CT molecular complexity index is 2500. The highest BCUT2D eigenvalue weighted by atomic mass is 32.1. The Hall–Kier alpha value is -5.58. The Balaban J connectivity index is 1.30. The van der Waals surface area contributed by atoms with Gasteiger partial charge in [0, 0.05) is 54.1 Å². The quantitative estimate of drug-likeness (QED) is 0.200. The zero-order valence-electron chi connectivity index (χ0n) is 24.3. The maximum atomic E-state index is 6.60. The lowest BCUT2D eigenvalue weighted by atomic mass is 10.00. The molecule has 9 rings (SSSR count). The van der Waals surface area contributed by atoms with Crippen LogP contribution in [0.15, 0.2) is 160 Å². The maximum Gasteiger partial charge on any atom is 0.160 e. The molecule has 1 aliphatic heterocycles. The number of aliphatic imine (C=N–C) groups is 2. The first kappa shape index (κ1) is 25.9. The van der Waals surface area contributed by atoms with Crippen LogP contribution < -0.4 is 0 Å². The van der Waals surface area contributed by atoms with Crippen LogP contribution in [0.4, 0.5) is 0 Å². The second-order valence-electron chi connectivity index (χ2n) is 11.3. The minimum absolute atomic E-state index is 0.672. The van der Waals surface area contributed by atoms with E-state index in [9.17, 15) is 0 Å². The van der Waals surface area contributed by atoms with Crippen molar-refractivity contribution < 1.29 is 4.42 Å². The van der Waals surface area contributed by atoms with Crippen LogP contribution in [0, 0.1) is 0 Å². The number of fused-ring (bicyclic) bond motifs is 6. The summed E-state index contributed by atoms with van der Waals surface area (Å²) in [6, 6.07) is 48.6. The van der Waals surface area contributed by atoms with Crippen LogP contribution in [0.3, 0.4) is 0 Å². The van der Waals surface area contributed by atoms with Crippen LogP contribution in [-0.2, 0) is 0 Å². The van der Waals surface area contributed by atoms with Crippen LogP contribution in [0.5, 0.6) is 0 Å². The summed E-state index contributed by atoms with van der Waals surface area (Å²) in [5, 5.41) is 4.59. The first-order valence-electron chi connectivity index (χ1n) is 15.1. The van der Waals surface area contributed by atoms with Gasteiger partial charge < -0.3 is 4.42 Å². The molecule has 3 heterocycles. The van der Waals surface area contributed by atoms with Crippen molar-refractivity contribution in [2.45, 2.75) is 6.42 Å². The highest BCUT2D eigenvalue weighted by Crippen LogP contribution is 2.41. The van der Waals surface area contributed by atoms with Gasteiger partial charge in [-0.25, -0.2) is 9.98 Å². The van der Waals surface area contributed by atoms with Gasteiger partial charge >= 0.3 is 0 Å². The van der Waals surface area contributed by atoms with E-state index in [0.717, 1.165) is 61.2 Å². The molecule has 0 radical (unpaired) electrons. The highest BCUT2D eigenvalue weighted by Gasteiger charge is 2.21. The molecule has 212 valence electrons. The number of hydrogen-bond acceptors (Lipinski definition) is 4. The zero-order chi connectivity index (χ0) is 29.7. The topological polar surface area (TPSA) is 37.9 Å². The summed E-state index contributed by atoms with van der Waals surface area (Å²) in [4.78, 5) is 10.7. The maximum absolute atomic E-state index is 6.60. The number of hydrogen-bond donors (Lipinski definition) is 0. The summed E-state index contributed by atoms with van der Waals surface area (Å²) in [7, 11) is 0. The largest absolute Gasteiger partial charge is 0.455 e. The molecule has 3 nitrogen and oxygen atoms in total. The predicted octanol–water partition coefficient (Wildman–Crippen LogP) is 11.3. The lowest BCUT2D eigenvalue weighted by molar-refractivity contribution is 0.670. The number of nitrogens with zero attached hydrogens (tertiary/aromatic N) is 2. The van der Waals surface area contributed by atoms with Gasteiger partial charge in [-0.15, -0.1) is 11.3 Å². The highest BCUT2D eigenvalue weighted by molar-refractivity contribution is 7.25. The Morgan fingerprint density at radius 3 is 2.04 bits per heavy atom. The molecule has 6 aromatic carbocycles. The first-order chi connectivity index (χ1) is 22.3. The molecule has 0 fully saturated rings. The summed E-state index contributed by atoms with van der Waals surface area (Å²) in [6.45, 7) is 0. The van der Waals surface area contributed by atoms with Crippen LogP contribution in [-0.4, -0.2) is 11.5 Å². The van der Waals surface area contributed by atoms with Crippen molar-refractivity contribution in [3.8, 4) is 11.1 Å². The second-order valence-corrected chi connectivity index (χ2v) is 12.3. The summed E-state index contributed by atoms with van der Waals surface area (Å²) < 4.78 is 9.14. The van der Waals surface area contributed by atoms with Crippen molar-refractivity contribution in [1.29, 1.82) is 0 Å². The van der Waals surface area contributed by atoms with Crippen LogP contribution in [0.1, 0.15) is 23.1 Å². The van der Waals surface area contributed by atoms with Gasteiger partial charge in [-0.3, -0.25) is 0 Å². The molecule has 0 unspecified atom stereocenters. The molecule has 45 heavy (non-hydrogen) atoms. The molecule has 0 aliphatic carbocycles. The van der Waals surface area contributed by atoms with E-state index in [-0.39, 0.29) is 0 Å². The number of benzene rings is 6. The van der Waals surface area contributed by atoms with Crippen LogP contribution in [0.2, 0.25) is 0 Å². The van der Waals surface area contributed by atoms with E-state index >= 15 is 0 Å². The number of rotatable bonds is 4.